The summed E-state index contributed by atoms with van der Waals surface area (Å²) in [7, 11) is -9.50. The van der Waals surface area contributed by atoms with Gasteiger partial charge in [-0.05, 0) is 83.7 Å². The number of amides is 2. The molecule has 7 rings (SSSR count). The molecule has 0 aliphatic carbocycles. The molecule has 4 heterocycles. The quantitative estimate of drug-likeness (QED) is 0.0973. The molecule has 64 heavy (non-hydrogen) atoms. The third kappa shape index (κ3) is 9.78. The van der Waals surface area contributed by atoms with E-state index in [4.69, 9.17) is 9.57 Å². The number of allylic oxidation sites excluding steroid dienone is 6. The topological polar surface area (TPSA) is 194 Å². The molecule has 4 aliphatic heterocycles. The summed E-state index contributed by atoms with van der Waals surface area (Å²) in [5.74, 6) is -1.36. The van der Waals surface area contributed by atoms with Crippen LogP contribution in [-0.4, -0.2) is 83.5 Å². The SMILES string of the molecule is CCN1c2cc3c(cc2C(C)=CC1(C)C)/C(=C/C=C/C1=[N+](CCCS(=O)(=O)[O-])c2ccc(S(=O)(=O)[O-])cc2C1(C)CCCC(=O)ON1C(=O)CCC1=O)C(C)=C(c1ccccc1)O3.[Na+]. The van der Waals surface area contributed by atoms with Crippen molar-refractivity contribution >= 4 is 72.0 Å². The van der Waals surface area contributed by atoms with Crippen molar-refractivity contribution in [3.8, 4) is 5.75 Å². The van der Waals surface area contributed by atoms with Gasteiger partial charge in [0.2, 0.25) is 5.69 Å². The van der Waals surface area contributed by atoms with Crippen LogP contribution in [0.15, 0.2) is 95.4 Å². The van der Waals surface area contributed by atoms with E-state index in [-0.39, 0.29) is 80.2 Å². The first-order chi connectivity index (χ1) is 29.6. The second-order valence-corrected chi connectivity index (χ2v) is 19.9. The molecule has 0 bridgehead atoms. The van der Waals surface area contributed by atoms with Crippen molar-refractivity contribution in [3.05, 3.63) is 113 Å². The van der Waals surface area contributed by atoms with Crippen molar-refractivity contribution in [2.45, 2.75) is 95.9 Å². The van der Waals surface area contributed by atoms with E-state index in [1.807, 2.05) is 62.4 Å². The van der Waals surface area contributed by atoms with Gasteiger partial charge in [0.05, 0.1) is 26.0 Å². The Kier molecular flexibility index (Phi) is 14.2. The number of nitrogens with zero attached hydrogens (tertiary/aromatic N) is 3. The van der Waals surface area contributed by atoms with Gasteiger partial charge in [-0.2, -0.15) is 4.58 Å². The van der Waals surface area contributed by atoms with Crippen LogP contribution in [0, 0.1) is 0 Å². The van der Waals surface area contributed by atoms with E-state index < -0.39 is 54.1 Å². The Balaban J connectivity index is 0.00000680. The zero-order chi connectivity index (χ0) is 45.6. The minimum Gasteiger partial charge on any atom is -0.748 e. The fraction of sp³-hybridized carbons (Fsp3) is 0.362. The largest absolute Gasteiger partial charge is 1.00 e. The number of anilines is 1. The summed E-state index contributed by atoms with van der Waals surface area (Å²) in [6.45, 7) is 13.2. The first kappa shape index (κ1) is 48.8. The molecule has 1 fully saturated rings. The van der Waals surface area contributed by atoms with Gasteiger partial charge < -0.3 is 23.6 Å². The molecule has 0 saturated carbocycles. The maximum atomic E-state index is 12.9. The van der Waals surface area contributed by atoms with E-state index in [0.717, 1.165) is 45.6 Å². The number of hydroxylamine groups is 2. The predicted octanol–water partition coefficient (Wildman–Crippen LogP) is 4.15. The van der Waals surface area contributed by atoms with Gasteiger partial charge in [-0.1, -0.05) is 48.6 Å². The maximum absolute atomic E-state index is 12.9. The number of fused-ring (bicyclic) bond motifs is 3. The van der Waals surface area contributed by atoms with E-state index >= 15 is 0 Å². The van der Waals surface area contributed by atoms with Crippen LogP contribution in [0.1, 0.15) is 102 Å². The Bertz CT molecular complexity index is 2800. The van der Waals surface area contributed by atoms with Gasteiger partial charge in [0.1, 0.15) is 28.2 Å². The molecule has 17 heteroatoms. The zero-order valence-corrected chi connectivity index (χ0v) is 40.7. The third-order valence-electron chi connectivity index (χ3n) is 12.2. The predicted molar refractivity (Wildman–Crippen MR) is 236 cm³/mol. The summed E-state index contributed by atoms with van der Waals surface area (Å²) in [5.41, 5.74) is 6.90. The van der Waals surface area contributed by atoms with Gasteiger partial charge in [-0.3, -0.25) is 9.59 Å². The third-order valence-corrected chi connectivity index (χ3v) is 13.8. The molecule has 0 N–H and O–H groups in total. The number of carbonyl (C=O) groups is 3. The van der Waals surface area contributed by atoms with E-state index in [1.54, 1.807) is 4.58 Å². The molecule has 0 aromatic heterocycles. The molecule has 1 unspecified atom stereocenters. The van der Waals surface area contributed by atoms with Crippen LogP contribution in [-0.2, 0) is 44.9 Å². The molecule has 1 atom stereocenters. The Labute approximate surface area is 396 Å². The number of imide groups is 1. The average Bonchev–Trinajstić information content (AvgIpc) is 3.64. The first-order valence-corrected chi connectivity index (χ1v) is 23.9. The molecular weight excluding hydrogens is 870 g/mol. The number of benzene rings is 3. The number of ether oxygens (including phenoxy) is 1. The van der Waals surface area contributed by atoms with Crippen LogP contribution in [0.5, 0.6) is 5.75 Å². The van der Waals surface area contributed by atoms with Gasteiger partial charge >= 0.3 is 35.5 Å². The summed E-state index contributed by atoms with van der Waals surface area (Å²) < 4.78 is 80.9. The number of likely N-dealkylation sites (N-methyl/N-ethyl adjacent to an activating group) is 1. The summed E-state index contributed by atoms with van der Waals surface area (Å²) in [5, 5.41) is 0.474. The van der Waals surface area contributed by atoms with E-state index in [1.165, 1.54) is 18.2 Å². The number of rotatable bonds is 14. The van der Waals surface area contributed by atoms with Crippen LogP contribution in [0.25, 0.3) is 16.9 Å². The Morgan fingerprint density at radius 1 is 0.938 bits per heavy atom. The fourth-order valence-electron chi connectivity index (χ4n) is 9.29. The van der Waals surface area contributed by atoms with E-state index in [9.17, 15) is 40.3 Å². The fourth-order valence-corrected chi connectivity index (χ4v) is 10.3. The normalized spacial score (nSPS) is 20.0. The van der Waals surface area contributed by atoms with Gasteiger partial charge in [-0.15, -0.1) is 5.06 Å². The van der Waals surface area contributed by atoms with Crippen molar-refractivity contribution in [2.75, 3.05) is 23.7 Å². The maximum Gasteiger partial charge on any atom is 1.00 e. The van der Waals surface area contributed by atoms with Crippen LogP contribution in [0.3, 0.4) is 0 Å². The number of hydrogen-bond donors (Lipinski definition) is 0. The number of carbonyl (C=O) groups excluding carboxylic acids is 3. The molecule has 3 aromatic rings. The molecule has 4 aliphatic rings. The molecule has 332 valence electrons. The van der Waals surface area contributed by atoms with Crippen molar-refractivity contribution in [1.29, 1.82) is 0 Å². The number of hydrogen-bond acceptors (Lipinski definition) is 12. The van der Waals surface area contributed by atoms with Crippen molar-refractivity contribution in [3.63, 3.8) is 0 Å². The van der Waals surface area contributed by atoms with Crippen LogP contribution in [0.2, 0.25) is 0 Å². The minimum atomic E-state index is -4.91. The smallest absolute Gasteiger partial charge is 0.748 e. The van der Waals surface area contributed by atoms with Gasteiger partial charge in [0.15, 0.2) is 5.71 Å². The van der Waals surface area contributed by atoms with E-state index in [0.29, 0.717) is 33.5 Å². The monoisotopic (exact) mass is 919 g/mol. The van der Waals surface area contributed by atoms with Gasteiger partial charge in [0.25, 0.3) is 11.8 Å². The molecular formula is C47H50N3NaO11S2. The molecule has 2 amide bonds. The summed E-state index contributed by atoms with van der Waals surface area (Å²) in [4.78, 5) is 44.1. The molecule has 0 radical (unpaired) electrons. The Hall–Kier alpha value is -4.68. The summed E-state index contributed by atoms with van der Waals surface area (Å²) >= 11 is 0. The van der Waals surface area contributed by atoms with Crippen molar-refractivity contribution in [2.24, 2.45) is 0 Å². The van der Waals surface area contributed by atoms with Crippen LogP contribution in [0.4, 0.5) is 11.4 Å². The van der Waals surface area contributed by atoms with E-state index in [2.05, 4.69) is 50.8 Å². The molecule has 0 spiro atoms. The average molecular weight is 920 g/mol. The second-order valence-electron chi connectivity index (χ2n) is 17.0. The zero-order valence-electron chi connectivity index (χ0n) is 37.1. The Morgan fingerprint density at radius 3 is 2.27 bits per heavy atom. The molecule has 1 saturated heterocycles. The molecule has 3 aromatic carbocycles. The standard InChI is InChI=1S/C47H51N3O11S2.Na/c1-7-49-39-28-40-36(27-35(39)30(2)29-46(49,4)5)34(31(3)45(60-40)32-14-9-8-10-15-32)16-11-17-41-47(6,23-12-18-44(53)61-50-42(51)21-22-43(50)52)37-26-33(63(57,58)59)19-20-38(37)48(41)24-13-25-62(54,55)56;/h8-11,14-17,19-20,26-29H,7,12-13,18,21-25H2,1-6H3,(H-,54,55,56,57,58,59);/q;+1/p-1. The summed E-state index contributed by atoms with van der Waals surface area (Å²) in [6.07, 6.45) is 7.80. The van der Waals surface area contributed by atoms with Crippen molar-refractivity contribution < 1.29 is 84.0 Å². The van der Waals surface area contributed by atoms with Gasteiger partial charge in [0, 0.05) is 89.7 Å². The Morgan fingerprint density at radius 2 is 1.62 bits per heavy atom. The summed E-state index contributed by atoms with van der Waals surface area (Å²) in [6, 6.07) is 18.0. The van der Waals surface area contributed by atoms with Crippen LogP contribution < -0.4 is 39.2 Å². The van der Waals surface area contributed by atoms with Crippen LogP contribution >= 0.6 is 0 Å². The first-order valence-electron chi connectivity index (χ1n) is 20.9. The van der Waals surface area contributed by atoms with Crippen molar-refractivity contribution in [1.82, 2.24) is 5.06 Å². The minimum absolute atomic E-state index is 0. The van der Waals surface area contributed by atoms with Gasteiger partial charge in [-0.25, -0.2) is 21.6 Å². The second kappa shape index (κ2) is 18.7. The molecule has 14 nitrogen and oxygen atoms in total.